The van der Waals surface area contributed by atoms with Crippen LogP contribution in [-0.2, 0) is 16.4 Å². The van der Waals surface area contributed by atoms with Gasteiger partial charge in [0.2, 0.25) is 10.0 Å². The number of hydrogen-bond acceptors (Lipinski definition) is 3. The van der Waals surface area contributed by atoms with E-state index in [0.29, 0.717) is 26.2 Å². The van der Waals surface area contributed by atoms with Crippen LogP contribution >= 0.6 is 0 Å². The van der Waals surface area contributed by atoms with Gasteiger partial charge in [-0.1, -0.05) is 31.2 Å². The Hall–Kier alpha value is -1.92. The summed E-state index contributed by atoms with van der Waals surface area (Å²) in [5.41, 5.74) is 2.43. The summed E-state index contributed by atoms with van der Waals surface area (Å²) >= 11 is 0. The molecule has 1 heterocycles. The molecule has 1 aliphatic rings. The third-order valence-electron chi connectivity index (χ3n) is 4.39. The second-order valence-corrected chi connectivity index (χ2v) is 7.77. The maximum atomic E-state index is 13.3. The van der Waals surface area contributed by atoms with Gasteiger partial charge in [0, 0.05) is 31.9 Å². The van der Waals surface area contributed by atoms with Crippen molar-refractivity contribution in [2.75, 3.05) is 31.1 Å². The van der Waals surface area contributed by atoms with Crippen molar-refractivity contribution < 1.29 is 12.8 Å². The first-order chi connectivity index (χ1) is 11.5. The van der Waals surface area contributed by atoms with Crippen molar-refractivity contribution in [2.24, 2.45) is 0 Å². The normalized spacial score (nSPS) is 16.3. The Morgan fingerprint density at radius 1 is 1.00 bits per heavy atom. The first-order valence-electron chi connectivity index (χ1n) is 8.11. The van der Waals surface area contributed by atoms with Crippen LogP contribution < -0.4 is 4.90 Å². The van der Waals surface area contributed by atoms with Gasteiger partial charge in [-0.25, -0.2) is 12.8 Å². The maximum Gasteiger partial charge on any atom is 0.243 e. The van der Waals surface area contributed by atoms with Gasteiger partial charge >= 0.3 is 0 Å². The van der Waals surface area contributed by atoms with E-state index in [-0.39, 0.29) is 4.90 Å². The Balaban J connectivity index is 1.75. The summed E-state index contributed by atoms with van der Waals surface area (Å²) < 4.78 is 40.1. The van der Waals surface area contributed by atoms with Gasteiger partial charge in [-0.05, 0) is 36.2 Å². The van der Waals surface area contributed by atoms with Gasteiger partial charge < -0.3 is 4.90 Å². The third-order valence-corrected chi connectivity index (χ3v) is 6.28. The molecule has 2 aromatic carbocycles. The highest BCUT2D eigenvalue weighted by Gasteiger charge is 2.29. The molecule has 2 aromatic rings. The minimum Gasteiger partial charge on any atom is -0.369 e. The molecule has 0 N–H and O–H groups in total. The van der Waals surface area contributed by atoms with Gasteiger partial charge in [0.05, 0.1) is 4.90 Å². The number of benzene rings is 2. The largest absolute Gasteiger partial charge is 0.369 e. The molecule has 0 unspecified atom stereocenters. The van der Waals surface area contributed by atoms with Crippen LogP contribution in [-0.4, -0.2) is 38.9 Å². The van der Waals surface area contributed by atoms with E-state index in [1.807, 2.05) is 12.1 Å². The van der Waals surface area contributed by atoms with Crippen LogP contribution in [0.15, 0.2) is 53.4 Å². The van der Waals surface area contributed by atoms with Gasteiger partial charge in [0.15, 0.2) is 0 Å². The van der Waals surface area contributed by atoms with Gasteiger partial charge in [-0.2, -0.15) is 4.31 Å². The van der Waals surface area contributed by atoms with Crippen molar-refractivity contribution in [2.45, 2.75) is 18.2 Å². The molecule has 0 radical (unpaired) electrons. The van der Waals surface area contributed by atoms with Crippen molar-refractivity contribution in [3.63, 3.8) is 0 Å². The summed E-state index contributed by atoms with van der Waals surface area (Å²) in [6.45, 7) is 4.18. The fourth-order valence-corrected chi connectivity index (χ4v) is 4.52. The molecule has 1 saturated heterocycles. The highest BCUT2D eigenvalue weighted by Crippen LogP contribution is 2.24. The monoisotopic (exact) mass is 348 g/mol. The van der Waals surface area contributed by atoms with Crippen molar-refractivity contribution in [1.82, 2.24) is 4.31 Å². The molecule has 0 aliphatic carbocycles. The smallest absolute Gasteiger partial charge is 0.243 e. The van der Waals surface area contributed by atoms with E-state index in [2.05, 4.69) is 24.0 Å². The first-order valence-corrected chi connectivity index (χ1v) is 9.55. The zero-order chi connectivity index (χ0) is 17.2. The molecule has 1 fully saturated rings. The van der Waals surface area contributed by atoms with Gasteiger partial charge in [0.1, 0.15) is 5.82 Å². The number of hydrogen-bond donors (Lipinski definition) is 0. The Morgan fingerprint density at radius 3 is 2.38 bits per heavy atom. The molecule has 24 heavy (non-hydrogen) atoms. The quantitative estimate of drug-likeness (QED) is 0.853. The Bertz CT molecular complexity index is 815. The van der Waals surface area contributed by atoms with Crippen LogP contribution in [0.3, 0.4) is 0 Å². The molecule has 0 saturated carbocycles. The maximum absolute atomic E-state index is 13.3. The summed E-state index contributed by atoms with van der Waals surface area (Å²) in [6.07, 6.45) is 0.942. The van der Waals surface area contributed by atoms with Crippen LogP contribution in [0.25, 0.3) is 0 Å². The van der Waals surface area contributed by atoms with E-state index in [4.69, 9.17) is 0 Å². The SMILES string of the molecule is CCc1ccccc1N1CCN(S(=O)(=O)c2cccc(F)c2)CC1. The van der Waals surface area contributed by atoms with E-state index < -0.39 is 15.8 Å². The first kappa shape index (κ1) is 16.9. The summed E-state index contributed by atoms with van der Waals surface area (Å²) in [7, 11) is -3.64. The average Bonchev–Trinajstić information content (AvgIpc) is 2.62. The minimum absolute atomic E-state index is 0.0184. The number of piperazine rings is 1. The molecule has 0 atom stereocenters. The molecule has 128 valence electrons. The number of anilines is 1. The molecule has 4 nitrogen and oxygen atoms in total. The Morgan fingerprint density at radius 2 is 1.71 bits per heavy atom. The van der Waals surface area contributed by atoms with Gasteiger partial charge in [-0.3, -0.25) is 0 Å². The lowest BCUT2D eigenvalue weighted by atomic mass is 10.1. The molecular formula is C18H21FN2O2S. The van der Waals surface area contributed by atoms with Gasteiger partial charge in [-0.15, -0.1) is 0 Å². The van der Waals surface area contributed by atoms with Crippen LogP contribution in [0.4, 0.5) is 10.1 Å². The highest BCUT2D eigenvalue weighted by molar-refractivity contribution is 7.89. The molecular weight excluding hydrogens is 327 g/mol. The lowest BCUT2D eigenvalue weighted by molar-refractivity contribution is 0.384. The molecule has 0 bridgehead atoms. The average molecular weight is 348 g/mol. The van der Waals surface area contributed by atoms with Crippen molar-refractivity contribution in [1.29, 1.82) is 0 Å². The van der Waals surface area contributed by atoms with E-state index in [0.717, 1.165) is 12.5 Å². The van der Waals surface area contributed by atoms with Crippen LogP contribution in [0.1, 0.15) is 12.5 Å². The highest BCUT2D eigenvalue weighted by atomic mass is 32.2. The van der Waals surface area contributed by atoms with Crippen molar-refractivity contribution in [3.05, 3.63) is 59.9 Å². The predicted molar refractivity (Wildman–Crippen MR) is 93.2 cm³/mol. The lowest BCUT2D eigenvalue weighted by Crippen LogP contribution is -2.48. The number of halogens is 1. The number of sulfonamides is 1. The Kier molecular flexibility index (Phi) is 4.87. The van der Waals surface area contributed by atoms with Crippen LogP contribution in [0, 0.1) is 5.82 Å². The number of para-hydroxylation sites is 1. The van der Waals surface area contributed by atoms with Crippen LogP contribution in [0.5, 0.6) is 0 Å². The second-order valence-electron chi connectivity index (χ2n) is 5.83. The van der Waals surface area contributed by atoms with Gasteiger partial charge in [0.25, 0.3) is 0 Å². The van der Waals surface area contributed by atoms with E-state index in [1.165, 1.54) is 33.8 Å². The predicted octanol–water partition coefficient (Wildman–Crippen LogP) is 2.90. The van der Waals surface area contributed by atoms with Crippen molar-refractivity contribution >= 4 is 15.7 Å². The number of aryl methyl sites for hydroxylation is 1. The summed E-state index contributed by atoms with van der Waals surface area (Å²) in [5.74, 6) is -0.536. The Labute approximate surface area is 142 Å². The zero-order valence-electron chi connectivity index (χ0n) is 13.7. The van der Waals surface area contributed by atoms with Crippen LogP contribution in [0.2, 0.25) is 0 Å². The molecule has 3 rings (SSSR count). The second kappa shape index (κ2) is 6.91. The summed E-state index contributed by atoms with van der Waals surface area (Å²) in [5, 5.41) is 0. The van der Waals surface area contributed by atoms with E-state index >= 15 is 0 Å². The fraction of sp³-hybridized carbons (Fsp3) is 0.333. The lowest BCUT2D eigenvalue weighted by Gasteiger charge is -2.36. The molecule has 6 heteroatoms. The van der Waals surface area contributed by atoms with E-state index in [1.54, 1.807) is 0 Å². The molecule has 0 aromatic heterocycles. The molecule has 1 aliphatic heterocycles. The molecule has 0 amide bonds. The topological polar surface area (TPSA) is 40.6 Å². The summed E-state index contributed by atoms with van der Waals surface area (Å²) in [4.78, 5) is 2.24. The fourth-order valence-electron chi connectivity index (χ4n) is 3.06. The standard InChI is InChI=1S/C18H21FN2O2S/c1-2-15-6-3-4-9-18(15)20-10-12-21(13-11-20)24(22,23)17-8-5-7-16(19)14-17/h3-9,14H,2,10-13H2,1H3. The zero-order valence-corrected chi connectivity index (χ0v) is 14.5. The number of rotatable bonds is 4. The summed E-state index contributed by atoms with van der Waals surface area (Å²) in [6, 6.07) is 13.4. The third kappa shape index (κ3) is 3.30. The number of nitrogens with zero attached hydrogens (tertiary/aromatic N) is 2. The minimum atomic E-state index is -3.64. The van der Waals surface area contributed by atoms with Crippen molar-refractivity contribution in [3.8, 4) is 0 Å². The van der Waals surface area contributed by atoms with E-state index in [9.17, 15) is 12.8 Å². The molecule has 0 spiro atoms.